The van der Waals surface area contributed by atoms with Crippen molar-refractivity contribution in [3.05, 3.63) is 29.1 Å². The molecule has 1 aromatic heterocycles. The van der Waals surface area contributed by atoms with E-state index in [0.29, 0.717) is 10.6 Å². The van der Waals surface area contributed by atoms with Crippen LogP contribution in [-0.4, -0.2) is 25.2 Å². The lowest BCUT2D eigenvalue weighted by Crippen LogP contribution is -2.33. The fraction of sp³-hybridized carbons (Fsp3) is 0.400. The summed E-state index contributed by atoms with van der Waals surface area (Å²) in [6.07, 6.45) is 3.12. The second kappa shape index (κ2) is 5.42. The molecule has 3 rings (SSSR count). The Labute approximate surface area is 121 Å². The van der Waals surface area contributed by atoms with E-state index in [1.54, 1.807) is 7.11 Å². The molecule has 0 aliphatic heterocycles. The molecule has 4 nitrogen and oxygen atoms in total. The zero-order valence-electron chi connectivity index (χ0n) is 11.4. The first kappa shape index (κ1) is 13.4. The first-order valence-corrected chi connectivity index (χ1v) is 7.61. The number of rotatable bonds is 3. The second-order valence-corrected chi connectivity index (χ2v) is 6.23. The molecule has 1 aliphatic rings. The van der Waals surface area contributed by atoms with Crippen molar-refractivity contribution >= 4 is 33.0 Å². The number of thiophene rings is 1. The van der Waals surface area contributed by atoms with Crippen LogP contribution in [-0.2, 0) is 4.74 Å². The molecule has 1 amide bonds. The number of carbonyl (C=O) groups excluding carboxylic acids is 1. The molecule has 2 aromatic rings. The number of nitrogen functional groups attached to an aromatic ring is 1. The number of nitrogens with one attached hydrogen (secondary N) is 1. The highest BCUT2D eigenvalue weighted by Crippen LogP contribution is 2.33. The van der Waals surface area contributed by atoms with Gasteiger partial charge in [0.25, 0.3) is 5.91 Å². The summed E-state index contributed by atoms with van der Waals surface area (Å²) in [5.74, 6) is -0.0644. The second-order valence-electron chi connectivity index (χ2n) is 5.18. The van der Waals surface area contributed by atoms with E-state index in [1.165, 1.54) is 11.3 Å². The van der Waals surface area contributed by atoms with Crippen LogP contribution in [0.2, 0.25) is 0 Å². The predicted octanol–water partition coefficient (Wildman–Crippen LogP) is 2.78. The quantitative estimate of drug-likeness (QED) is 0.913. The van der Waals surface area contributed by atoms with Gasteiger partial charge in [0, 0.05) is 23.2 Å². The molecular weight excluding hydrogens is 272 g/mol. The molecular formula is C15H18N2O2S. The van der Waals surface area contributed by atoms with Crippen molar-refractivity contribution in [3.63, 3.8) is 0 Å². The van der Waals surface area contributed by atoms with Gasteiger partial charge in [0.2, 0.25) is 0 Å². The van der Waals surface area contributed by atoms with Crippen LogP contribution in [0, 0.1) is 0 Å². The van der Waals surface area contributed by atoms with Crippen molar-refractivity contribution in [1.29, 1.82) is 0 Å². The lowest BCUT2D eigenvalue weighted by molar-refractivity contribution is 0.0919. The number of hydrogen-bond acceptors (Lipinski definition) is 4. The van der Waals surface area contributed by atoms with Gasteiger partial charge in [0.05, 0.1) is 11.8 Å². The van der Waals surface area contributed by atoms with E-state index in [0.717, 1.165) is 29.3 Å². The molecule has 1 saturated carbocycles. The Morgan fingerprint density at radius 1 is 1.40 bits per heavy atom. The van der Waals surface area contributed by atoms with Crippen molar-refractivity contribution in [2.45, 2.75) is 31.4 Å². The maximum Gasteiger partial charge on any atom is 0.263 e. The number of ether oxygens (including phenoxy) is 1. The third-order valence-electron chi connectivity index (χ3n) is 3.89. The van der Waals surface area contributed by atoms with Crippen LogP contribution >= 0.6 is 11.3 Å². The maximum atomic E-state index is 12.4. The smallest absolute Gasteiger partial charge is 0.263 e. The van der Waals surface area contributed by atoms with E-state index in [9.17, 15) is 4.79 Å². The topological polar surface area (TPSA) is 64.3 Å². The Kier molecular flexibility index (Phi) is 3.63. The fourth-order valence-corrected chi connectivity index (χ4v) is 3.80. The number of hydrogen-bond donors (Lipinski definition) is 2. The van der Waals surface area contributed by atoms with E-state index in [-0.39, 0.29) is 18.1 Å². The van der Waals surface area contributed by atoms with Crippen molar-refractivity contribution in [2.75, 3.05) is 12.8 Å². The van der Waals surface area contributed by atoms with Crippen LogP contribution in [0.4, 0.5) is 5.69 Å². The Hall–Kier alpha value is -1.59. The van der Waals surface area contributed by atoms with Crippen molar-refractivity contribution in [1.82, 2.24) is 5.32 Å². The molecule has 0 radical (unpaired) electrons. The molecule has 2 atom stereocenters. The van der Waals surface area contributed by atoms with Crippen LogP contribution < -0.4 is 11.1 Å². The standard InChI is InChI=1S/C15H18N2O2S/c1-19-10-7-6-9(8-10)17-15(18)14-13(16)11-4-2-3-5-12(11)20-14/h2-5,9-10H,6-8,16H2,1H3,(H,17,18). The van der Waals surface area contributed by atoms with Crippen molar-refractivity contribution in [2.24, 2.45) is 0 Å². The van der Waals surface area contributed by atoms with Crippen LogP contribution in [0.25, 0.3) is 10.1 Å². The Balaban J connectivity index is 1.77. The van der Waals surface area contributed by atoms with E-state index < -0.39 is 0 Å². The van der Waals surface area contributed by atoms with Gasteiger partial charge in [-0.05, 0) is 25.3 Å². The Bertz CT molecular complexity index is 638. The molecule has 0 spiro atoms. The van der Waals surface area contributed by atoms with Crippen LogP contribution in [0.3, 0.4) is 0 Å². The first-order chi connectivity index (χ1) is 9.69. The molecule has 106 valence electrons. The average molecular weight is 290 g/mol. The summed E-state index contributed by atoms with van der Waals surface area (Å²) < 4.78 is 6.38. The lowest BCUT2D eigenvalue weighted by Gasteiger charge is -2.12. The molecule has 20 heavy (non-hydrogen) atoms. The van der Waals surface area contributed by atoms with Gasteiger partial charge >= 0.3 is 0 Å². The summed E-state index contributed by atoms with van der Waals surface area (Å²) in [6.45, 7) is 0. The molecule has 3 N–H and O–H groups in total. The maximum absolute atomic E-state index is 12.4. The highest BCUT2D eigenvalue weighted by Gasteiger charge is 2.27. The predicted molar refractivity (Wildman–Crippen MR) is 82.1 cm³/mol. The number of anilines is 1. The zero-order valence-corrected chi connectivity index (χ0v) is 12.2. The monoisotopic (exact) mass is 290 g/mol. The SMILES string of the molecule is COC1CCC(NC(=O)c2sc3ccccc3c2N)C1. The Morgan fingerprint density at radius 2 is 2.20 bits per heavy atom. The first-order valence-electron chi connectivity index (χ1n) is 6.79. The summed E-state index contributed by atoms with van der Waals surface area (Å²) in [6, 6.07) is 8.03. The lowest BCUT2D eigenvalue weighted by atomic mass is 10.2. The third-order valence-corrected chi connectivity index (χ3v) is 5.08. The average Bonchev–Trinajstić information content (AvgIpc) is 3.04. The third kappa shape index (κ3) is 2.39. The van der Waals surface area contributed by atoms with E-state index in [4.69, 9.17) is 10.5 Å². The van der Waals surface area contributed by atoms with Gasteiger partial charge in [0.15, 0.2) is 0 Å². The molecule has 2 unspecified atom stereocenters. The van der Waals surface area contributed by atoms with Gasteiger partial charge in [-0.1, -0.05) is 18.2 Å². The molecule has 1 aromatic carbocycles. The minimum absolute atomic E-state index is 0.0644. The van der Waals surface area contributed by atoms with Gasteiger partial charge in [-0.25, -0.2) is 0 Å². The molecule has 0 bridgehead atoms. The minimum atomic E-state index is -0.0644. The zero-order chi connectivity index (χ0) is 14.1. The highest BCUT2D eigenvalue weighted by molar-refractivity contribution is 7.21. The summed E-state index contributed by atoms with van der Waals surface area (Å²) in [4.78, 5) is 13.0. The van der Waals surface area contributed by atoms with Gasteiger partial charge in [0.1, 0.15) is 4.88 Å². The molecule has 1 fully saturated rings. The van der Waals surface area contributed by atoms with E-state index in [2.05, 4.69) is 5.32 Å². The number of carbonyl (C=O) groups is 1. The molecule has 1 heterocycles. The molecule has 5 heteroatoms. The van der Waals surface area contributed by atoms with Crippen molar-refractivity contribution in [3.8, 4) is 0 Å². The van der Waals surface area contributed by atoms with Crippen molar-refractivity contribution < 1.29 is 9.53 Å². The van der Waals surface area contributed by atoms with Crippen LogP contribution in [0.15, 0.2) is 24.3 Å². The summed E-state index contributed by atoms with van der Waals surface area (Å²) in [7, 11) is 1.72. The molecule has 0 saturated heterocycles. The minimum Gasteiger partial charge on any atom is -0.397 e. The summed E-state index contributed by atoms with van der Waals surface area (Å²) >= 11 is 1.45. The number of fused-ring (bicyclic) bond motifs is 1. The van der Waals surface area contributed by atoms with Gasteiger partial charge < -0.3 is 15.8 Å². The van der Waals surface area contributed by atoms with E-state index >= 15 is 0 Å². The number of methoxy groups -OCH3 is 1. The van der Waals surface area contributed by atoms with Crippen LogP contribution in [0.1, 0.15) is 28.9 Å². The van der Waals surface area contributed by atoms with Gasteiger partial charge in [-0.3, -0.25) is 4.79 Å². The number of benzene rings is 1. The summed E-state index contributed by atoms with van der Waals surface area (Å²) in [5.41, 5.74) is 6.68. The Morgan fingerprint density at radius 3 is 2.90 bits per heavy atom. The van der Waals surface area contributed by atoms with Gasteiger partial charge in [-0.2, -0.15) is 0 Å². The van der Waals surface area contributed by atoms with Crippen LogP contribution in [0.5, 0.6) is 0 Å². The van der Waals surface area contributed by atoms with E-state index in [1.807, 2.05) is 24.3 Å². The molecule has 1 aliphatic carbocycles. The number of nitrogens with two attached hydrogens (primary N) is 1. The summed E-state index contributed by atoms with van der Waals surface area (Å²) in [5, 5.41) is 4.03. The number of amides is 1. The highest BCUT2D eigenvalue weighted by atomic mass is 32.1. The van der Waals surface area contributed by atoms with Gasteiger partial charge in [-0.15, -0.1) is 11.3 Å². The normalized spacial score (nSPS) is 22.2. The largest absolute Gasteiger partial charge is 0.397 e. The fourth-order valence-electron chi connectivity index (χ4n) is 2.77.